The van der Waals surface area contributed by atoms with Gasteiger partial charge in [0.15, 0.2) is 0 Å². The summed E-state index contributed by atoms with van der Waals surface area (Å²) in [5.41, 5.74) is 3.35. The van der Waals surface area contributed by atoms with Crippen molar-refractivity contribution in [3.63, 3.8) is 0 Å². The van der Waals surface area contributed by atoms with E-state index in [0.717, 1.165) is 37.3 Å². The predicted molar refractivity (Wildman–Crippen MR) is 62.6 cm³/mol. The molecular weight excluding hydrogens is 218 g/mol. The summed E-state index contributed by atoms with van der Waals surface area (Å²) in [6.07, 6.45) is 4.13. The number of hydrogen-bond donors (Lipinski definition) is 1. The Morgan fingerprint density at radius 2 is 2.35 bits per heavy atom. The molecule has 1 N–H and O–H groups in total. The summed E-state index contributed by atoms with van der Waals surface area (Å²) in [4.78, 5) is 21.3. The maximum atomic E-state index is 10.5. The van der Waals surface area contributed by atoms with Crippen LogP contribution in [0.2, 0.25) is 0 Å². The largest absolute Gasteiger partial charge is 0.481 e. The third-order valence-corrected chi connectivity index (χ3v) is 3.09. The molecule has 2 heterocycles. The summed E-state index contributed by atoms with van der Waals surface area (Å²) in [5.74, 6) is -0.745. The molecule has 0 bridgehead atoms. The van der Waals surface area contributed by atoms with Crippen LogP contribution in [0.3, 0.4) is 0 Å². The number of hydrogen-bond acceptors (Lipinski definition) is 4. The van der Waals surface area contributed by atoms with E-state index in [0.29, 0.717) is 6.42 Å². The highest BCUT2D eigenvalue weighted by Crippen LogP contribution is 2.19. The van der Waals surface area contributed by atoms with Crippen LogP contribution in [-0.4, -0.2) is 39.5 Å². The second-order valence-corrected chi connectivity index (χ2v) is 4.48. The summed E-state index contributed by atoms with van der Waals surface area (Å²) >= 11 is 0. The fourth-order valence-electron chi connectivity index (χ4n) is 2.16. The Morgan fingerprint density at radius 1 is 1.53 bits per heavy atom. The van der Waals surface area contributed by atoms with Crippen LogP contribution in [0.15, 0.2) is 6.33 Å². The van der Waals surface area contributed by atoms with Crippen molar-refractivity contribution in [2.75, 3.05) is 13.6 Å². The van der Waals surface area contributed by atoms with Gasteiger partial charge in [0, 0.05) is 42.9 Å². The third kappa shape index (κ3) is 3.00. The fourth-order valence-corrected chi connectivity index (χ4v) is 2.16. The third-order valence-electron chi connectivity index (χ3n) is 3.09. The Morgan fingerprint density at radius 3 is 3.12 bits per heavy atom. The van der Waals surface area contributed by atoms with Crippen LogP contribution in [0, 0.1) is 0 Å². The number of carboxylic acids is 1. The monoisotopic (exact) mass is 235 g/mol. The van der Waals surface area contributed by atoms with E-state index < -0.39 is 5.97 Å². The van der Waals surface area contributed by atoms with Crippen LogP contribution >= 0.6 is 0 Å². The predicted octanol–water partition coefficient (Wildman–Crippen LogP) is 0.872. The van der Waals surface area contributed by atoms with Crippen LogP contribution in [0.4, 0.5) is 0 Å². The molecule has 0 amide bonds. The molecule has 1 aliphatic heterocycles. The molecule has 17 heavy (non-hydrogen) atoms. The quantitative estimate of drug-likeness (QED) is 0.838. The van der Waals surface area contributed by atoms with Gasteiger partial charge in [-0.2, -0.15) is 0 Å². The Bertz CT molecular complexity index is 420. The number of aryl methyl sites for hydroxylation is 1. The maximum Gasteiger partial charge on any atom is 0.303 e. The fraction of sp³-hybridized carbons (Fsp3) is 0.583. The topological polar surface area (TPSA) is 66.3 Å². The zero-order valence-electron chi connectivity index (χ0n) is 10.0. The Labute approximate surface area is 100 Å². The molecule has 92 valence electrons. The van der Waals surface area contributed by atoms with E-state index in [2.05, 4.69) is 21.9 Å². The molecule has 2 rings (SSSR count). The number of likely N-dealkylation sites (N-methyl/N-ethyl adjacent to an activating group) is 1. The normalized spacial score (nSPS) is 15.6. The maximum absolute atomic E-state index is 10.5. The van der Waals surface area contributed by atoms with Crippen LogP contribution in [-0.2, 0) is 24.2 Å². The average Bonchev–Trinajstić information content (AvgIpc) is 2.29. The summed E-state index contributed by atoms with van der Waals surface area (Å²) in [6, 6.07) is 0. The van der Waals surface area contributed by atoms with Crippen molar-refractivity contribution >= 4 is 5.97 Å². The van der Waals surface area contributed by atoms with Gasteiger partial charge in [-0.25, -0.2) is 9.97 Å². The second kappa shape index (κ2) is 5.23. The van der Waals surface area contributed by atoms with Gasteiger partial charge in [0.25, 0.3) is 0 Å². The number of rotatable bonds is 4. The molecule has 1 aromatic rings. The van der Waals surface area contributed by atoms with E-state index in [-0.39, 0.29) is 6.42 Å². The Kier molecular flexibility index (Phi) is 3.68. The van der Waals surface area contributed by atoms with Gasteiger partial charge in [-0.3, -0.25) is 4.79 Å². The molecule has 1 aliphatic rings. The zero-order chi connectivity index (χ0) is 12.3. The van der Waals surface area contributed by atoms with Gasteiger partial charge in [0.2, 0.25) is 0 Å². The van der Waals surface area contributed by atoms with Crippen molar-refractivity contribution in [3.8, 4) is 0 Å². The second-order valence-electron chi connectivity index (χ2n) is 4.48. The number of carboxylic acid groups (broad SMARTS) is 1. The molecule has 0 unspecified atom stereocenters. The minimum Gasteiger partial charge on any atom is -0.481 e. The van der Waals surface area contributed by atoms with Crippen molar-refractivity contribution < 1.29 is 9.90 Å². The first kappa shape index (κ1) is 12.0. The number of aliphatic carboxylic acids is 1. The highest BCUT2D eigenvalue weighted by atomic mass is 16.4. The van der Waals surface area contributed by atoms with Gasteiger partial charge >= 0.3 is 5.97 Å². The Balaban J connectivity index is 2.09. The molecule has 0 radical (unpaired) electrons. The van der Waals surface area contributed by atoms with Crippen LogP contribution in [0.5, 0.6) is 0 Å². The number of nitrogens with zero attached hydrogens (tertiary/aromatic N) is 3. The molecule has 1 aromatic heterocycles. The van der Waals surface area contributed by atoms with Crippen molar-refractivity contribution in [3.05, 3.63) is 23.3 Å². The van der Waals surface area contributed by atoms with Crippen molar-refractivity contribution in [2.45, 2.75) is 32.2 Å². The van der Waals surface area contributed by atoms with Crippen molar-refractivity contribution in [2.24, 2.45) is 0 Å². The lowest BCUT2D eigenvalue weighted by atomic mass is 10.0. The highest BCUT2D eigenvalue weighted by molar-refractivity contribution is 5.66. The summed E-state index contributed by atoms with van der Waals surface area (Å²) in [6.45, 7) is 1.90. The summed E-state index contributed by atoms with van der Waals surface area (Å²) < 4.78 is 0. The molecular formula is C12H17N3O2. The first-order chi connectivity index (χ1) is 8.16. The van der Waals surface area contributed by atoms with Crippen LogP contribution in [0.25, 0.3) is 0 Å². The Hall–Kier alpha value is -1.49. The molecule has 0 spiro atoms. The minimum atomic E-state index is -0.745. The van der Waals surface area contributed by atoms with Gasteiger partial charge < -0.3 is 10.0 Å². The lowest BCUT2D eigenvalue weighted by Gasteiger charge is -2.25. The van der Waals surface area contributed by atoms with Gasteiger partial charge in [-0.15, -0.1) is 0 Å². The summed E-state index contributed by atoms with van der Waals surface area (Å²) in [5, 5.41) is 8.63. The van der Waals surface area contributed by atoms with E-state index in [1.165, 1.54) is 5.56 Å². The van der Waals surface area contributed by atoms with E-state index in [4.69, 9.17) is 5.11 Å². The minimum absolute atomic E-state index is 0.203. The van der Waals surface area contributed by atoms with Crippen LogP contribution in [0.1, 0.15) is 29.8 Å². The zero-order valence-corrected chi connectivity index (χ0v) is 10.0. The smallest absolute Gasteiger partial charge is 0.303 e. The molecule has 0 saturated heterocycles. The van der Waals surface area contributed by atoms with E-state index in [1.807, 2.05) is 0 Å². The lowest BCUT2D eigenvalue weighted by molar-refractivity contribution is -0.137. The molecule has 5 nitrogen and oxygen atoms in total. The van der Waals surface area contributed by atoms with E-state index in [1.54, 1.807) is 6.33 Å². The van der Waals surface area contributed by atoms with Gasteiger partial charge in [-0.1, -0.05) is 0 Å². The molecule has 0 fully saturated rings. The highest BCUT2D eigenvalue weighted by Gasteiger charge is 2.18. The SMILES string of the molecule is CN1CCc2ncnc(CCCC(=O)O)c2C1. The standard InChI is InChI=1S/C12H17N3O2/c1-15-6-5-11-9(7-15)10(13-8-14-11)3-2-4-12(16)17/h8H,2-7H2,1H3,(H,16,17). The van der Waals surface area contributed by atoms with E-state index >= 15 is 0 Å². The molecule has 0 aliphatic carbocycles. The van der Waals surface area contributed by atoms with E-state index in [9.17, 15) is 4.79 Å². The van der Waals surface area contributed by atoms with Gasteiger partial charge in [0.1, 0.15) is 6.33 Å². The van der Waals surface area contributed by atoms with Crippen molar-refractivity contribution in [1.29, 1.82) is 0 Å². The molecule has 5 heteroatoms. The summed E-state index contributed by atoms with van der Waals surface area (Å²) in [7, 11) is 2.08. The van der Waals surface area contributed by atoms with Gasteiger partial charge in [-0.05, 0) is 19.9 Å². The van der Waals surface area contributed by atoms with Gasteiger partial charge in [0.05, 0.1) is 0 Å². The molecule has 0 aromatic carbocycles. The van der Waals surface area contributed by atoms with Crippen LogP contribution < -0.4 is 0 Å². The first-order valence-corrected chi connectivity index (χ1v) is 5.89. The lowest BCUT2D eigenvalue weighted by Crippen LogP contribution is -2.28. The first-order valence-electron chi connectivity index (χ1n) is 5.89. The molecule has 0 saturated carbocycles. The number of carbonyl (C=O) groups is 1. The number of aromatic nitrogens is 2. The number of fused-ring (bicyclic) bond motifs is 1. The average molecular weight is 235 g/mol. The molecule has 0 atom stereocenters. The van der Waals surface area contributed by atoms with Crippen molar-refractivity contribution in [1.82, 2.24) is 14.9 Å².